The minimum atomic E-state index is -0.628. The van der Waals surface area contributed by atoms with Crippen molar-refractivity contribution in [3.63, 3.8) is 0 Å². The third kappa shape index (κ3) is 4.50. The van der Waals surface area contributed by atoms with E-state index in [1.165, 1.54) is 12.5 Å². The molecule has 1 amide bonds. The van der Waals surface area contributed by atoms with Crippen LogP contribution in [0.2, 0.25) is 0 Å². The summed E-state index contributed by atoms with van der Waals surface area (Å²) in [6.07, 6.45) is 14.8. The summed E-state index contributed by atoms with van der Waals surface area (Å²) in [7, 11) is 0. The van der Waals surface area contributed by atoms with E-state index in [4.69, 9.17) is 10.5 Å². The molecule has 0 bridgehead atoms. The van der Waals surface area contributed by atoms with Gasteiger partial charge in [-0.05, 0) is 103 Å². The molecule has 7 atom stereocenters. The van der Waals surface area contributed by atoms with Gasteiger partial charge in [-0.1, -0.05) is 37.6 Å². The first-order chi connectivity index (χ1) is 17.7. The molecule has 2 N–H and O–H groups in total. The summed E-state index contributed by atoms with van der Waals surface area (Å²) in [4.78, 5) is 25.0. The molecule has 5 nitrogen and oxygen atoms in total. The average Bonchev–Trinajstić information content (AvgIpc) is 3.49. The van der Waals surface area contributed by atoms with Crippen LogP contribution in [0.25, 0.3) is 6.08 Å². The highest BCUT2D eigenvalue weighted by atomic mass is 32.1. The second-order valence-corrected chi connectivity index (χ2v) is 13.0. The number of hydrogen-bond acceptors (Lipinski definition) is 5. The number of esters is 1. The van der Waals surface area contributed by atoms with Crippen molar-refractivity contribution in [1.82, 2.24) is 0 Å². The second-order valence-electron chi connectivity index (χ2n) is 12.1. The van der Waals surface area contributed by atoms with Crippen molar-refractivity contribution in [1.29, 1.82) is 5.26 Å². The summed E-state index contributed by atoms with van der Waals surface area (Å²) >= 11 is 1.64. The summed E-state index contributed by atoms with van der Waals surface area (Å²) in [5, 5.41) is 11.9. The molecule has 3 fully saturated rings. The third-order valence-corrected chi connectivity index (χ3v) is 11.2. The highest BCUT2D eigenvalue weighted by Crippen LogP contribution is 2.67. The van der Waals surface area contributed by atoms with Gasteiger partial charge in [0.2, 0.25) is 0 Å². The summed E-state index contributed by atoms with van der Waals surface area (Å²) in [6, 6.07) is 6.20. The largest absolute Gasteiger partial charge is 0.462 e. The third-order valence-electron chi connectivity index (χ3n) is 10.4. The van der Waals surface area contributed by atoms with Gasteiger partial charge < -0.3 is 10.5 Å². The van der Waals surface area contributed by atoms with Crippen molar-refractivity contribution in [2.45, 2.75) is 78.2 Å². The highest BCUT2D eigenvalue weighted by Gasteiger charge is 2.59. The van der Waals surface area contributed by atoms with E-state index in [-0.39, 0.29) is 34.4 Å². The van der Waals surface area contributed by atoms with Crippen molar-refractivity contribution in [3.05, 3.63) is 51.3 Å². The molecule has 0 radical (unpaired) electrons. The lowest BCUT2D eigenvalue weighted by molar-refractivity contribution is -0.148. The molecular formula is C31H38N2O3S. The number of primary amides is 1. The lowest BCUT2D eigenvalue weighted by Crippen LogP contribution is -2.50. The number of carbonyl (C=O) groups is 2. The fraction of sp³-hybridized carbons (Fsp3) is 0.581. The molecule has 6 heteroatoms. The van der Waals surface area contributed by atoms with Crippen LogP contribution in [0.5, 0.6) is 0 Å². The maximum atomic E-state index is 12.3. The zero-order valence-electron chi connectivity index (χ0n) is 22.2. The predicted octanol–water partition coefficient (Wildman–Crippen LogP) is 6.58. The molecule has 1 aromatic heterocycles. The van der Waals surface area contributed by atoms with Crippen LogP contribution in [-0.2, 0) is 14.3 Å². The Morgan fingerprint density at radius 1 is 1.19 bits per heavy atom. The molecule has 4 aliphatic rings. The first-order valence-corrected chi connectivity index (χ1v) is 14.6. The van der Waals surface area contributed by atoms with E-state index in [0.717, 1.165) is 61.8 Å². The molecule has 196 valence electrons. The van der Waals surface area contributed by atoms with Gasteiger partial charge in [-0.25, -0.2) is 0 Å². The minimum Gasteiger partial charge on any atom is -0.462 e. The van der Waals surface area contributed by atoms with Crippen LogP contribution < -0.4 is 5.73 Å². The molecular weight excluding hydrogens is 480 g/mol. The number of amides is 1. The van der Waals surface area contributed by atoms with E-state index in [1.807, 2.05) is 29.7 Å². The molecule has 0 aliphatic heterocycles. The molecule has 37 heavy (non-hydrogen) atoms. The summed E-state index contributed by atoms with van der Waals surface area (Å²) in [5.41, 5.74) is 8.36. The van der Waals surface area contributed by atoms with Gasteiger partial charge >= 0.3 is 5.97 Å². The van der Waals surface area contributed by atoms with Gasteiger partial charge in [0.05, 0.1) is 0 Å². The molecule has 1 unspecified atom stereocenters. The second kappa shape index (κ2) is 9.91. The SMILES string of the molecule is CC(=O)O[C@H]1CC[C@@]2(C)C(=CC[C@@H]3[C@@H]2CC[C@]2(C)C(C(/C=C/c4cccs4)=C(\C#N)C(N)=O)CC[C@@H]32)C1. The lowest BCUT2D eigenvalue weighted by Gasteiger charge is -2.58. The van der Waals surface area contributed by atoms with Gasteiger partial charge in [0, 0.05) is 18.2 Å². The van der Waals surface area contributed by atoms with E-state index >= 15 is 0 Å². The number of carbonyl (C=O) groups excluding carboxylic acids is 2. The summed E-state index contributed by atoms with van der Waals surface area (Å²) < 4.78 is 5.59. The van der Waals surface area contributed by atoms with Gasteiger partial charge in [0.15, 0.2) is 0 Å². The van der Waals surface area contributed by atoms with Crippen molar-refractivity contribution in [3.8, 4) is 6.07 Å². The molecule has 3 saturated carbocycles. The zero-order chi connectivity index (χ0) is 26.4. The van der Waals surface area contributed by atoms with Gasteiger partial charge in [-0.2, -0.15) is 5.26 Å². The molecule has 5 rings (SSSR count). The number of nitriles is 1. The Kier molecular flexibility index (Phi) is 6.96. The minimum absolute atomic E-state index is 0.0131. The Morgan fingerprint density at radius 2 is 2.00 bits per heavy atom. The standard InChI is InChI=1S/C31H38N2O3S/c1-19(34)36-21-12-14-30(2)20(17-21)6-8-24-27-11-10-26(31(27,3)15-13-28(24)30)23(25(18-32)29(33)35)9-7-22-5-4-16-37-22/h4-7,9,16,21,24,26-28H,8,10-15,17H2,1-3H3,(H2,33,35)/b9-7+,25-23+/t21-,24-,26?,27-,28-,30-,31+/m0/s1. The van der Waals surface area contributed by atoms with Crippen molar-refractivity contribution in [2.75, 3.05) is 0 Å². The molecule has 0 spiro atoms. The van der Waals surface area contributed by atoms with Crippen LogP contribution in [-0.4, -0.2) is 18.0 Å². The van der Waals surface area contributed by atoms with E-state index in [9.17, 15) is 14.9 Å². The Bertz CT molecular complexity index is 1210. The van der Waals surface area contributed by atoms with Crippen LogP contribution in [0.3, 0.4) is 0 Å². The topological polar surface area (TPSA) is 93.2 Å². The fourth-order valence-corrected chi connectivity index (χ4v) is 9.29. The highest BCUT2D eigenvalue weighted by molar-refractivity contribution is 7.10. The van der Waals surface area contributed by atoms with E-state index in [2.05, 4.69) is 26.0 Å². The monoisotopic (exact) mass is 518 g/mol. The number of nitrogens with zero attached hydrogens (tertiary/aromatic N) is 1. The quantitative estimate of drug-likeness (QED) is 0.157. The Balaban J connectivity index is 1.45. The number of nitrogens with two attached hydrogens (primary N) is 1. The number of ether oxygens (including phenoxy) is 1. The van der Waals surface area contributed by atoms with Crippen LogP contribution in [0, 0.1) is 45.8 Å². The smallest absolute Gasteiger partial charge is 0.302 e. The van der Waals surface area contributed by atoms with Crippen LogP contribution >= 0.6 is 11.3 Å². The van der Waals surface area contributed by atoms with Gasteiger partial charge in [0.25, 0.3) is 5.91 Å². The zero-order valence-corrected chi connectivity index (χ0v) is 23.0. The number of rotatable bonds is 5. The lowest BCUT2D eigenvalue weighted by atomic mass is 9.47. The number of fused-ring (bicyclic) bond motifs is 5. The van der Waals surface area contributed by atoms with E-state index < -0.39 is 5.91 Å². The Morgan fingerprint density at radius 3 is 2.68 bits per heavy atom. The summed E-state index contributed by atoms with van der Waals surface area (Å²) in [6.45, 7) is 6.36. The molecule has 1 aromatic rings. The van der Waals surface area contributed by atoms with Gasteiger partial charge in [0.1, 0.15) is 17.7 Å². The predicted molar refractivity (Wildman–Crippen MR) is 146 cm³/mol. The van der Waals surface area contributed by atoms with Crippen molar-refractivity contribution < 1.29 is 14.3 Å². The Labute approximate surface area is 224 Å². The van der Waals surface area contributed by atoms with Crippen molar-refractivity contribution >= 4 is 29.3 Å². The molecule has 0 aromatic carbocycles. The van der Waals surface area contributed by atoms with Gasteiger partial charge in [-0.3, -0.25) is 9.59 Å². The summed E-state index contributed by atoms with van der Waals surface area (Å²) in [5.74, 6) is 1.12. The maximum absolute atomic E-state index is 12.3. The normalized spacial score (nSPS) is 37.5. The number of allylic oxidation sites excluding steroid dienone is 3. The molecule has 0 saturated heterocycles. The molecule has 4 aliphatic carbocycles. The van der Waals surface area contributed by atoms with Crippen LogP contribution in [0.1, 0.15) is 77.0 Å². The van der Waals surface area contributed by atoms with E-state index in [0.29, 0.717) is 17.8 Å². The van der Waals surface area contributed by atoms with E-state index in [1.54, 1.807) is 11.3 Å². The average molecular weight is 519 g/mol. The van der Waals surface area contributed by atoms with Gasteiger partial charge in [-0.15, -0.1) is 11.3 Å². The molecule has 1 heterocycles. The number of hydrogen-bond donors (Lipinski definition) is 1. The maximum Gasteiger partial charge on any atom is 0.302 e. The fourth-order valence-electron chi connectivity index (χ4n) is 8.67. The Hall–Kier alpha value is -2.65. The van der Waals surface area contributed by atoms with Crippen LogP contribution in [0.4, 0.5) is 0 Å². The van der Waals surface area contributed by atoms with Crippen LogP contribution in [0.15, 0.2) is 46.4 Å². The number of thiophene rings is 1. The first kappa shape index (κ1) is 26.0. The van der Waals surface area contributed by atoms with Crippen molar-refractivity contribution in [2.24, 2.45) is 40.2 Å². The first-order valence-electron chi connectivity index (χ1n) is 13.7.